The van der Waals surface area contributed by atoms with Crippen LogP contribution in [-0.2, 0) is 0 Å². The van der Waals surface area contributed by atoms with Gasteiger partial charge in [0.25, 0.3) is 5.91 Å². The zero-order valence-electron chi connectivity index (χ0n) is 15.5. The first-order valence-electron chi connectivity index (χ1n) is 8.64. The van der Waals surface area contributed by atoms with E-state index in [1.807, 2.05) is 6.92 Å². The number of nitrogens with one attached hydrogen (secondary N) is 3. The van der Waals surface area contributed by atoms with E-state index in [4.69, 9.17) is 0 Å². The molecule has 0 atom stereocenters. The standard InChI is InChI=1S/C19H16F2N6O2/c1-9-10(2)26-27-15(9)17(28)24-12-6-11-7-14(25-16(11)23-8-12)13-4-3-5-22-18(13)29-19(20)21/h3-8,19H,1-2H3,(H,23,25)(H,24,28)(H,26,27). The van der Waals surface area contributed by atoms with Crippen molar-refractivity contribution in [2.45, 2.75) is 20.5 Å². The van der Waals surface area contributed by atoms with Crippen LogP contribution in [0.4, 0.5) is 14.5 Å². The number of hydrogen-bond acceptors (Lipinski definition) is 5. The fourth-order valence-corrected chi connectivity index (χ4v) is 2.90. The summed E-state index contributed by atoms with van der Waals surface area (Å²) in [7, 11) is 0. The number of hydrogen-bond donors (Lipinski definition) is 3. The van der Waals surface area contributed by atoms with Crippen molar-refractivity contribution in [3.05, 3.63) is 53.6 Å². The van der Waals surface area contributed by atoms with Crippen molar-refractivity contribution in [2.75, 3.05) is 5.32 Å². The number of halogens is 2. The molecule has 4 rings (SSSR count). The largest absolute Gasteiger partial charge is 0.416 e. The molecule has 0 spiro atoms. The van der Waals surface area contributed by atoms with Crippen LogP contribution < -0.4 is 10.1 Å². The lowest BCUT2D eigenvalue weighted by Gasteiger charge is -2.07. The number of nitrogens with zero attached hydrogens (tertiary/aromatic N) is 3. The zero-order valence-corrected chi connectivity index (χ0v) is 15.5. The molecule has 0 aromatic carbocycles. The number of carbonyl (C=O) groups is 1. The molecule has 0 radical (unpaired) electrons. The Morgan fingerprint density at radius 3 is 2.79 bits per heavy atom. The van der Waals surface area contributed by atoms with Crippen LogP contribution in [-0.4, -0.2) is 37.7 Å². The smallest absolute Gasteiger partial charge is 0.388 e. The summed E-state index contributed by atoms with van der Waals surface area (Å²) in [6, 6.07) is 6.67. The van der Waals surface area contributed by atoms with Gasteiger partial charge in [-0.2, -0.15) is 13.9 Å². The normalized spacial score (nSPS) is 11.2. The molecule has 0 unspecified atom stereocenters. The third-order valence-corrected chi connectivity index (χ3v) is 4.46. The van der Waals surface area contributed by atoms with E-state index in [0.717, 1.165) is 11.3 Å². The number of H-pyrrole nitrogens is 2. The SMILES string of the molecule is Cc1[nH]nc(C(=O)Nc2cnc3[nH]c(-c4cccnc4OC(F)F)cc3c2)c1C. The number of fused-ring (bicyclic) bond motifs is 1. The number of alkyl halides is 2. The molecular weight excluding hydrogens is 382 g/mol. The number of aromatic amines is 2. The maximum atomic E-state index is 12.6. The van der Waals surface area contributed by atoms with Crippen LogP contribution in [0.2, 0.25) is 0 Å². The van der Waals surface area contributed by atoms with Gasteiger partial charge in [0, 0.05) is 22.8 Å². The van der Waals surface area contributed by atoms with Crippen LogP contribution in [0, 0.1) is 13.8 Å². The van der Waals surface area contributed by atoms with Gasteiger partial charge in [-0.25, -0.2) is 9.97 Å². The Morgan fingerprint density at radius 1 is 1.24 bits per heavy atom. The summed E-state index contributed by atoms with van der Waals surface area (Å²) in [5.74, 6) is -0.546. The fourth-order valence-electron chi connectivity index (χ4n) is 2.90. The second kappa shape index (κ2) is 7.30. The number of pyridine rings is 2. The summed E-state index contributed by atoms with van der Waals surface area (Å²) in [4.78, 5) is 23.6. The lowest BCUT2D eigenvalue weighted by molar-refractivity contribution is -0.0524. The van der Waals surface area contributed by atoms with Gasteiger partial charge in [-0.1, -0.05) is 0 Å². The molecular formula is C19H16F2N6O2. The maximum Gasteiger partial charge on any atom is 0.388 e. The van der Waals surface area contributed by atoms with Crippen molar-refractivity contribution in [1.29, 1.82) is 0 Å². The first-order valence-corrected chi connectivity index (χ1v) is 8.64. The Balaban J connectivity index is 1.63. The van der Waals surface area contributed by atoms with Gasteiger partial charge >= 0.3 is 6.61 Å². The summed E-state index contributed by atoms with van der Waals surface area (Å²) in [6.45, 7) is 0.654. The summed E-state index contributed by atoms with van der Waals surface area (Å²) < 4.78 is 29.7. The van der Waals surface area contributed by atoms with Crippen LogP contribution >= 0.6 is 0 Å². The van der Waals surface area contributed by atoms with Gasteiger partial charge in [0.1, 0.15) is 5.65 Å². The van der Waals surface area contributed by atoms with E-state index >= 15 is 0 Å². The van der Waals surface area contributed by atoms with Gasteiger partial charge in [0.05, 0.1) is 23.1 Å². The molecule has 0 bridgehead atoms. The molecule has 10 heteroatoms. The summed E-state index contributed by atoms with van der Waals surface area (Å²) in [5, 5.41) is 10.2. The molecule has 4 aromatic rings. The Morgan fingerprint density at radius 2 is 2.07 bits per heavy atom. The van der Waals surface area contributed by atoms with Gasteiger partial charge in [0.15, 0.2) is 5.69 Å². The molecule has 1 amide bonds. The van der Waals surface area contributed by atoms with E-state index in [2.05, 4.69) is 35.2 Å². The van der Waals surface area contributed by atoms with Crippen molar-refractivity contribution in [1.82, 2.24) is 25.1 Å². The van der Waals surface area contributed by atoms with Crippen molar-refractivity contribution in [3.8, 4) is 17.1 Å². The molecule has 0 fully saturated rings. The number of aromatic nitrogens is 5. The zero-order chi connectivity index (χ0) is 20.5. The number of anilines is 1. The van der Waals surface area contributed by atoms with E-state index in [1.165, 1.54) is 12.4 Å². The van der Waals surface area contributed by atoms with Crippen LogP contribution in [0.1, 0.15) is 21.7 Å². The number of carbonyl (C=O) groups excluding carboxylic acids is 1. The molecule has 29 heavy (non-hydrogen) atoms. The lowest BCUT2D eigenvalue weighted by atomic mass is 10.2. The predicted octanol–water partition coefficient (Wildman–Crippen LogP) is 3.82. The van der Waals surface area contributed by atoms with Gasteiger partial charge in [-0.15, -0.1) is 0 Å². The summed E-state index contributed by atoms with van der Waals surface area (Å²) in [5.41, 5.74) is 3.78. The monoisotopic (exact) mass is 398 g/mol. The molecule has 4 heterocycles. The molecule has 0 aliphatic rings. The number of ether oxygens (including phenoxy) is 1. The Labute approximate surface area is 163 Å². The fraction of sp³-hybridized carbons (Fsp3) is 0.158. The Bertz CT molecular complexity index is 1200. The highest BCUT2D eigenvalue weighted by molar-refractivity contribution is 6.04. The second-order valence-corrected chi connectivity index (χ2v) is 6.36. The van der Waals surface area contributed by atoms with Gasteiger partial charge < -0.3 is 15.0 Å². The third kappa shape index (κ3) is 3.64. The molecule has 0 aliphatic heterocycles. The third-order valence-electron chi connectivity index (χ3n) is 4.46. The van der Waals surface area contributed by atoms with Crippen LogP contribution in [0.15, 0.2) is 36.7 Å². The van der Waals surface area contributed by atoms with E-state index in [0.29, 0.717) is 33.7 Å². The Kier molecular flexibility index (Phi) is 4.67. The first-order chi connectivity index (χ1) is 13.9. The van der Waals surface area contributed by atoms with Crippen molar-refractivity contribution >= 4 is 22.6 Å². The highest BCUT2D eigenvalue weighted by Gasteiger charge is 2.17. The first kappa shape index (κ1) is 18.5. The Hall–Kier alpha value is -3.82. The van der Waals surface area contributed by atoms with Gasteiger partial charge in [-0.05, 0) is 38.1 Å². The average molecular weight is 398 g/mol. The molecule has 0 saturated heterocycles. The van der Waals surface area contributed by atoms with Crippen LogP contribution in [0.25, 0.3) is 22.3 Å². The highest BCUT2D eigenvalue weighted by atomic mass is 19.3. The summed E-state index contributed by atoms with van der Waals surface area (Å²) in [6.07, 6.45) is 2.86. The molecule has 0 aliphatic carbocycles. The minimum absolute atomic E-state index is 0.188. The minimum Gasteiger partial charge on any atom is -0.416 e. The van der Waals surface area contributed by atoms with E-state index < -0.39 is 6.61 Å². The number of rotatable bonds is 5. The minimum atomic E-state index is -2.98. The van der Waals surface area contributed by atoms with Crippen LogP contribution in [0.3, 0.4) is 0 Å². The van der Waals surface area contributed by atoms with Crippen LogP contribution in [0.5, 0.6) is 5.88 Å². The quantitative estimate of drug-likeness (QED) is 0.474. The number of aryl methyl sites for hydroxylation is 1. The lowest BCUT2D eigenvalue weighted by Crippen LogP contribution is -2.13. The summed E-state index contributed by atoms with van der Waals surface area (Å²) >= 11 is 0. The topological polar surface area (TPSA) is 109 Å². The van der Waals surface area contributed by atoms with Gasteiger partial charge in [0.2, 0.25) is 5.88 Å². The van der Waals surface area contributed by atoms with Gasteiger partial charge in [-0.3, -0.25) is 9.89 Å². The van der Waals surface area contributed by atoms with Crippen molar-refractivity contribution in [3.63, 3.8) is 0 Å². The van der Waals surface area contributed by atoms with E-state index in [1.54, 1.807) is 31.2 Å². The molecule has 148 valence electrons. The van der Waals surface area contributed by atoms with Crippen molar-refractivity contribution < 1.29 is 18.3 Å². The second-order valence-electron chi connectivity index (χ2n) is 6.36. The number of amides is 1. The molecule has 8 nitrogen and oxygen atoms in total. The molecule has 4 aromatic heterocycles. The average Bonchev–Trinajstić information content (AvgIpc) is 3.25. The van der Waals surface area contributed by atoms with Crippen molar-refractivity contribution in [2.24, 2.45) is 0 Å². The van der Waals surface area contributed by atoms with E-state index in [-0.39, 0.29) is 11.8 Å². The molecule has 3 N–H and O–H groups in total. The maximum absolute atomic E-state index is 12.6. The highest BCUT2D eigenvalue weighted by Crippen LogP contribution is 2.31. The van der Waals surface area contributed by atoms with E-state index in [9.17, 15) is 13.6 Å². The molecule has 0 saturated carbocycles. The predicted molar refractivity (Wildman–Crippen MR) is 102 cm³/mol.